The number of rotatable bonds is 3. The van der Waals surface area contributed by atoms with Crippen LogP contribution in [0.5, 0.6) is 0 Å². The number of hydrogen-bond acceptors (Lipinski definition) is 4. The maximum atomic E-state index is 13.2. The summed E-state index contributed by atoms with van der Waals surface area (Å²) in [6, 6.07) is 5.77. The Morgan fingerprint density at radius 1 is 1.55 bits per heavy atom. The zero-order valence-electron chi connectivity index (χ0n) is 10.8. The summed E-state index contributed by atoms with van der Waals surface area (Å²) in [7, 11) is 0. The molecule has 1 aromatic rings. The summed E-state index contributed by atoms with van der Waals surface area (Å²) in [5.74, 6) is -1.40. The van der Waals surface area contributed by atoms with Crippen molar-refractivity contribution < 1.29 is 14.3 Å². The van der Waals surface area contributed by atoms with E-state index in [1.807, 2.05) is 0 Å². The van der Waals surface area contributed by atoms with Crippen LogP contribution >= 0.6 is 12.8 Å². The molecule has 1 aliphatic carbocycles. The number of aliphatic hydroxyl groups excluding tert-OH is 1. The van der Waals surface area contributed by atoms with Crippen LogP contribution in [0.15, 0.2) is 29.5 Å². The Bertz CT molecular complexity index is 633. The lowest BCUT2D eigenvalue weighted by molar-refractivity contribution is -0.113. The normalized spacial score (nSPS) is 15.3. The molecule has 6 heteroatoms. The van der Waals surface area contributed by atoms with Gasteiger partial charge in [0.1, 0.15) is 17.6 Å². The molecule has 0 spiro atoms. The highest BCUT2D eigenvalue weighted by Gasteiger charge is 2.32. The molecule has 1 aromatic carbocycles. The number of carbonyl (C=O) groups excluding carboxylic acids is 1. The lowest BCUT2D eigenvalue weighted by atomic mass is 10.1. The third kappa shape index (κ3) is 2.78. The minimum atomic E-state index is -0.716. The summed E-state index contributed by atoms with van der Waals surface area (Å²) in [5.41, 5.74) is 0.390. The average molecular weight is 292 g/mol. The van der Waals surface area contributed by atoms with Gasteiger partial charge >= 0.3 is 0 Å². The fourth-order valence-electron chi connectivity index (χ4n) is 1.76. The van der Waals surface area contributed by atoms with Crippen LogP contribution in [0.1, 0.15) is 18.4 Å². The summed E-state index contributed by atoms with van der Waals surface area (Å²) < 4.78 is 14.1. The van der Waals surface area contributed by atoms with Crippen molar-refractivity contribution in [1.82, 2.24) is 0 Å². The minimum Gasteiger partial charge on any atom is -0.510 e. The molecule has 0 radical (unpaired) electrons. The number of aryl methyl sites for hydroxylation is 1. The van der Waals surface area contributed by atoms with Crippen LogP contribution in [-0.2, 0) is 4.79 Å². The summed E-state index contributed by atoms with van der Waals surface area (Å²) in [5, 5.41) is 18.9. The van der Waals surface area contributed by atoms with Crippen molar-refractivity contribution in [3.63, 3.8) is 0 Å². The molecule has 0 aliphatic heterocycles. The predicted octanol–water partition coefficient (Wildman–Crippen LogP) is 3.06. The average Bonchev–Trinajstić information content (AvgIpc) is 3.26. The van der Waals surface area contributed by atoms with Gasteiger partial charge in [-0.05, 0) is 43.5 Å². The number of thiol groups is 1. The Morgan fingerprint density at radius 2 is 2.20 bits per heavy atom. The quantitative estimate of drug-likeness (QED) is 0.389. The van der Waals surface area contributed by atoms with E-state index < -0.39 is 5.91 Å². The topological polar surface area (TPSA) is 64.3 Å². The number of nitrogens with zero attached hydrogens (tertiary/aromatic N) is 2. The molecular weight excluding hydrogens is 279 g/mol. The molecule has 0 heterocycles. The first-order valence-electron chi connectivity index (χ1n) is 6.08. The number of anilines is 1. The molecule has 0 saturated heterocycles. The highest BCUT2D eigenvalue weighted by Crippen LogP contribution is 2.37. The summed E-state index contributed by atoms with van der Waals surface area (Å²) in [4.78, 5) is 12.2. The number of allylic oxidation sites excluding steroid dienone is 1. The van der Waals surface area contributed by atoms with Gasteiger partial charge in [-0.1, -0.05) is 12.8 Å². The largest absolute Gasteiger partial charge is 0.510 e. The Kier molecular flexibility index (Phi) is 4.00. The number of benzene rings is 1. The Balaban J connectivity index is 2.30. The van der Waals surface area contributed by atoms with E-state index in [9.17, 15) is 14.3 Å². The molecular formula is C14H13FN2O2S. The lowest BCUT2D eigenvalue weighted by Crippen LogP contribution is -2.23. The van der Waals surface area contributed by atoms with Gasteiger partial charge in [0.25, 0.3) is 5.91 Å². The number of aliphatic hydroxyl groups is 1. The molecule has 0 aromatic heterocycles. The van der Waals surface area contributed by atoms with Crippen LogP contribution in [-0.4, -0.2) is 11.0 Å². The molecule has 4 nitrogen and oxygen atoms in total. The van der Waals surface area contributed by atoms with Crippen LogP contribution in [0.2, 0.25) is 0 Å². The van der Waals surface area contributed by atoms with E-state index in [1.165, 1.54) is 18.2 Å². The third-order valence-electron chi connectivity index (χ3n) is 3.12. The first-order valence-corrected chi connectivity index (χ1v) is 6.48. The van der Waals surface area contributed by atoms with Crippen LogP contribution in [0.25, 0.3) is 0 Å². The first kappa shape index (κ1) is 14.4. The molecule has 1 amide bonds. The molecule has 0 bridgehead atoms. The monoisotopic (exact) mass is 292 g/mol. The standard InChI is InChI=1S/C14H13FN2O2S/c1-8-6-10(4-5-12(8)15)17(20)14(19)11(7-16)13(18)9-2-3-9/h4-6,9,18,20H,2-3H2,1H3. The highest BCUT2D eigenvalue weighted by molar-refractivity contribution is 7.82. The van der Waals surface area contributed by atoms with Crippen molar-refractivity contribution in [2.24, 2.45) is 5.92 Å². The lowest BCUT2D eigenvalue weighted by Gasteiger charge is -2.16. The van der Waals surface area contributed by atoms with E-state index in [4.69, 9.17) is 5.26 Å². The van der Waals surface area contributed by atoms with Gasteiger partial charge in [0.2, 0.25) is 0 Å². The number of amides is 1. The van der Waals surface area contributed by atoms with Crippen molar-refractivity contribution in [1.29, 1.82) is 5.26 Å². The van der Waals surface area contributed by atoms with E-state index >= 15 is 0 Å². The van der Waals surface area contributed by atoms with Gasteiger partial charge in [-0.25, -0.2) is 4.39 Å². The molecule has 2 rings (SSSR count). The number of carbonyl (C=O) groups is 1. The number of hydrogen-bond donors (Lipinski definition) is 2. The van der Waals surface area contributed by atoms with Gasteiger partial charge in [-0.15, -0.1) is 0 Å². The molecule has 0 atom stereocenters. The molecule has 1 saturated carbocycles. The van der Waals surface area contributed by atoms with Crippen LogP contribution in [0, 0.1) is 30.0 Å². The fraction of sp³-hybridized carbons (Fsp3) is 0.286. The Labute approximate surface area is 121 Å². The van der Waals surface area contributed by atoms with Gasteiger partial charge < -0.3 is 5.11 Å². The van der Waals surface area contributed by atoms with Crippen molar-refractivity contribution in [3.8, 4) is 6.07 Å². The number of halogens is 1. The van der Waals surface area contributed by atoms with E-state index in [0.717, 1.165) is 17.1 Å². The van der Waals surface area contributed by atoms with E-state index in [1.54, 1.807) is 13.0 Å². The first-order chi connectivity index (χ1) is 9.45. The molecule has 1 aliphatic rings. The Morgan fingerprint density at radius 3 is 2.70 bits per heavy atom. The maximum Gasteiger partial charge on any atom is 0.282 e. The zero-order valence-corrected chi connectivity index (χ0v) is 11.7. The zero-order chi connectivity index (χ0) is 14.9. The fourth-order valence-corrected chi connectivity index (χ4v) is 1.98. The second-order valence-electron chi connectivity index (χ2n) is 4.70. The second kappa shape index (κ2) is 5.55. The molecule has 1 N–H and O–H groups in total. The van der Waals surface area contributed by atoms with Gasteiger partial charge in [-0.2, -0.15) is 5.26 Å². The van der Waals surface area contributed by atoms with E-state index in [2.05, 4.69) is 12.8 Å². The molecule has 0 unspecified atom stereocenters. The van der Waals surface area contributed by atoms with Gasteiger partial charge in [0.05, 0.1) is 5.69 Å². The van der Waals surface area contributed by atoms with Gasteiger partial charge in [0, 0.05) is 5.92 Å². The number of nitriles is 1. The van der Waals surface area contributed by atoms with Gasteiger partial charge in [0.15, 0.2) is 5.57 Å². The van der Waals surface area contributed by atoms with Crippen LogP contribution in [0.3, 0.4) is 0 Å². The summed E-state index contributed by atoms with van der Waals surface area (Å²) >= 11 is 4.04. The molecule has 104 valence electrons. The highest BCUT2D eigenvalue weighted by atomic mass is 32.1. The third-order valence-corrected chi connectivity index (χ3v) is 3.54. The summed E-state index contributed by atoms with van der Waals surface area (Å²) in [6.07, 6.45) is 1.54. The predicted molar refractivity (Wildman–Crippen MR) is 75.6 cm³/mol. The summed E-state index contributed by atoms with van der Waals surface area (Å²) in [6.45, 7) is 1.56. The molecule has 20 heavy (non-hydrogen) atoms. The molecule has 1 fully saturated rings. The Hall–Kier alpha value is -2.00. The van der Waals surface area contributed by atoms with E-state index in [-0.39, 0.29) is 23.1 Å². The van der Waals surface area contributed by atoms with Gasteiger partial charge in [-0.3, -0.25) is 9.10 Å². The van der Waals surface area contributed by atoms with Crippen molar-refractivity contribution in [3.05, 3.63) is 40.9 Å². The van der Waals surface area contributed by atoms with Crippen molar-refractivity contribution in [2.75, 3.05) is 4.31 Å². The minimum absolute atomic E-state index is 0.106. The SMILES string of the molecule is Cc1cc(N(S)C(=O)C(C#N)=C(O)C2CC2)ccc1F. The van der Waals surface area contributed by atoms with E-state index in [0.29, 0.717) is 11.3 Å². The van der Waals surface area contributed by atoms with Crippen molar-refractivity contribution >= 4 is 24.4 Å². The smallest absolute Gasteiger partial charge is 0.282 e. The second-order valence-corrected chi connectivity index (χ2v) is 5.10. The van der Waals surface area contributed by atoms with Crippen LogP contribution < -0.4 is 4.31 Å². The maximum absolute atomic E-state index is 13.2. The van der Waals surface area contributed by atoms with Crippen molar-refractivity contribution in [2.45, 2.75) is 19.8 Å². The van der Waals surface area contributed by atoms with Crippen LogP contribution in [0.4, 0.5) is 10.1 Å².